The van der Waals surface area contributed by atoms with Crippen molar-refractivity contribution in [1.82, 2.24) is 14.7 Å². The molecule has 0 spiro atoms. The molecule has 2 amide bonds. The second-order valence-corrected chi connectivity index (χ2v) is 8.08. The quantitative estimate of drug-likeness (QED) is 0.830. The average molecular weight is 351 g/mol. The third-order valence-corrected chi connectivity index (χ3v) is 6.15. The molecule has 142 valence electrons. The molecule has 3 aliphatic rings. The van der Waals surface area contributed by atoms with Gasteiger partial charge in [0.05, 0.1) is 12.1 Å². The fourth-order valence-corrected chi connectivity index (χ4v) is 4.43. The highest BCUT2D eigenvalue weighted by molar-refractivity contribution is 5.86. The Morgan fingerprint density at radius 3 is 1.88 bits per heavy atom. The van der Waals surface area contributed by atoms with E-state index in [1.165, 1.54) is 19.3 Å². The monoisotopic (exact) mass is 350 g/mol. The Kier molecular flexibility index (Phi) is 6.34. The number of amides is 2. The minimum Gasteiger partial charge on any atom is -0.342 e. The maximum Gasteiger partial charge on any atom is 0.242 e. The van der Waals surface area contributed by atoms with Crippen LogP contribution in [0.2, 0.25) is 0 Å². The van der Waals surface area contributed by atoms with E-state index in [0.717, 1.165) is 64.7 Å². The van der Waals surface area contributed by atoms with Gasteiger partial charge in [0.2, 0.25) is 11.8 Å². The highest BCUT2D eigenvalue weighted by Gasteiger charge is 2.39. The van der Waals surface area contributed by atoms with Gasteiger partial charge in [0, 0.05) is 39.3 Å². The van der Waals surface area contributed by atoms with Crippen molar-refractivity contribution in [3.63, 3.8) is 0 Å². The smallest absolute Gasteiger partial charge is 0.242 e. The number of carbonyl (C=O) groups is 2. The zero-order valence-electron chi connectivity index (χ0n) is 15.5. The first kappa shape index (κ1) is 18.6. The van der Waals surface area contributed by atoms with Crippen LogP contribution in [0, 0.1) is 0 Å². The number of piperazine rings is 1. The Balaban J connectivity index is 1.45. The highest BCUT2D eigenvalue weighted by Crippen LogP contribution is 2.28. The number of likely N-dealkylation sites (tertiary alicyclic amines) is 1. The van der Waals surface area contributed by atoms with Gasteiger partial charge in [-0.2, -0.15) is 0 Å². The predicted molar refractivity (Wildman–Crippen MR) is 98.1 cm³/mol. The van der Waals surface area contributed by atoms with Gasteiger partial charge in [-0.05, 0) is 25.7 Å². The Bertz CT molecular complexity index is 460. The minimum absolute atomic E-state index is 0.130. The molecule has 0 atom stereocenters. The van der Waals surface area contributed by atoms with Gasteiger partial charge in [0.25, 0.3) is 0 Å². The molecule has 1 saturated carbocycles. The van der Waals surface area contributed by atoms with Gasteiger partial charge in [0.1, 0.15) is 0 Å². The van der Waals surface area contributed by atoms with Crippen LogP contribution in [-0.4, -0.2) is 77.9 Å². The van der Waals surface area contributed by atoms with Crippen LogP contribution >= 0.6 is 0 Å². The van der Waals surface area contributed by atoms with E-state index in [-0.39, 0.29) is 11.8 Å². The van der Waals surface area contributed by atoms with E-state index in [1.54, 1.807) is 0 Å². The third kappa shape index (κ3) is 4.73. The van der Waals surface area contributed by atoms with Crippen molar-refractivity contribution in [3.05, 3.63) is 0 Å². The normalized spacial score (nSPS) is 25.5. The maximum atomic E-state index is 12.8. The molecule has 25 heavy (non-hydrogen) atoms. The lowest BCUT2D eigenvalue weighted by atomic mass is 9.81. The van der Waals surface area contributed by atoms with Crippen LogP contribution in [0.5, 0.6) is 0 Å². The van der Waals surface area contributed by atoms with Crippen LogP contribution in [0.1, 0.15) is 57.8 Å². The molecule has 3 fully saturated rings. The maximum absolute atomic E-state index is 12.8. The molecule has 6 nitrogen and oxygen atoms in total. The van der Waals surface area contributed by atoms with Crippen molar-refractivity contribution in [3.8, 4) is 0 Å². The number of carbonyl (C=O) groups excluding carboxylic acids is 2. The van der Waals surface area contributed by atoms with Crippen molar-refractivity contribution < 1.29 is 9.59 Å². The summed E-state index contributed by atoms with van der Waals surface area (Å²) < 4.78 is 0. The second-order valence-electron chi connectivity index (χ2n) is 8.08. The van der Waals surface area contributed by atoms with Gasteiger partial charge in [-0.1, -0.05) is 32.1 Å². The van der Waals surface area contributed by atoms with Crippen molar-refractivity contribution in [1.29, 1.82) is 0 Å². The van der Waals surface area contributed by atoms with Gasteiger partial charge in [-0.3, -0.25) is 14.5 Å². The standard InChI is InChI=1S/C19H34N4O2/c20-19(8-4-3-5-9-19)18(25)23-14-12-21(13-15-23)16-17(24)22-10-6-1-2-7-11-22/h1-16,20H2. The molecule has 3 rings (SSSR count). The first-order valence-electron chi connectivity index (χ1n) is 10.2. The third-order valence-electron chi connectivity index (χ3n) is 6.15. The van der Waals surface area contributed by atoms with Crippen molar-refractivity contribution in [2.24, 2.45) is 5.73 Å². The van der Waals surface area contributed by atoms with E-state index < -0.39 is 5.54 Å². The highest BCUT2D eigenvalue weighted by atomic mass is 16.2. The number of nitrogens with two attached hydrogens (primary N) is 1. The number of hydrogen-bond acceptors (Lipinski definition) is 4. The first-order valence-corrected chi connectivity index (χ1v) is 10.2. The molecule has 2 saturated heterocycles. The average Bonchev–Trinajstić information content (AvgIpc) is 2.92. The molecule has 2 aliphatic heterocycles. The molecule has 0 unspecified atom stereocenters. The summed E-state index contributed by atoms with van der Waals surface area (Å²) in [5, 5.41) is 0. The van der Waals surface area contributed by atoms with Crippen molar-refractivity contribution >= 4 is 11.8 Å². The lowest BCUT2D eigenvalue weighted by molar-refractivity contribution is -0.140. The van der Waals surface area contributed by atoms with E-state index >= 15 is 0 Å². The molecule has 0 radical (unpaired) electrons. The number of nitrogens with zero attached hydrogens (tertiary/aromatic N) is 3. The van der Waals surface area contributed by atoms with Gasteiger partial charge in [-0.25, -0.2) is 0 Å². The molecule has 0 aromatic rings. The summed E-state index contributed by atoms with van der Waals surface area (Å²) >= 11 is 0. The molecular weight excluding hydrogens is 316 g/mol. The Labute approximate surface area is 151 Å². The van der Waals surface area contributed by atoms with Gasteiger partial charge >= 0.3 is 0 Å². The van der Waals surface area contributed by atoms with Crippen LogP contribution < -0.4 is 5.73 Å². The van der Waals surface area contributed by atoms with Crippen LogP contribution in [0.3, 0.4) is 0 Å². The SMILES string of the molecule is NC1(C(=O)N2CCN(CC(=O)N3CCCCCC3)CC2)CCCCC1. The van der Waals surface area contributed by atoms with Crippen molar-refractivity contribution in [2.45, 2.75) is 63.3 Å². The zero-order valence-corrected chi connectivity index (χ0v) is 15.5. The topological polar surface area (TPSA) is 69.9 Å². The molecule has 2 N–H and O–H groups in total. The summed E-state index contributed by atoms with van der Waals surface area (Å²) in [5.74, 6) is 0.384. The van der Waals surface area contributed by atoms with Crippen LogP contribution in [0.15, 0.2) is 0 Å². The largest absolute Gasteiger partial charge is 0.342 e. The lowest BCUT2D eigenvalue weighted by Gasteiger charge is -2.41. The van der Waals surface area contributed by atoms with E-state index in [4.69, 9.17) is 5.73 Å². The first-order chi connectivity index (χ1) is 12.1. The van der Waals surface area contributed by atoms with Crippen LogP contribution in [-0.2, 0) is 9.59 Å². The molecular formula is C19H34N4O2. The Morgan fingerprint density at radius 2 is 1.28 bits per heavy atom. The predicted octanol–water partition coefficient (Wildman–Crippen LogP) is 1.19. The summed E-state index contributed by atoms with van der Waals surface area (Å²) in [6.07, 6.45) is 9.70. The Hall–Kier alpha value is -1.14. The van der Waals surface area contributed by atoms with Gasteiger partial charge in [-0.15, -0.1) is 0 Å². The lowest BCUT2D eigenvalue weighted by Crippen LogP contribution is -2.60. The fraction of sp³-hybridized carbons (Fsp3) is 0.895. The number of hydrogen-bond donors (Lipinski definition) is 1. The summed E-state index contributed by atoms with van der Waals surface area (Å²) in [4.78, 5) is 31.5. The Morgan fingerprint density at radius 1 is 0.720 bits per heavy atom. The summed E-state index contributed by atoms with van der Waals surface area (Å²) in [5.41, 5.74) is 5.76. The summed E-state index contributed by atoms with van der Waals surface area (Å²) in [7, 11) is 0. The molecule has 0 aromatic carbocycles. The molecule has 6 heteroatoms. The van der Waals surface area contributed by atoms with Gasteiger partial charge < -0.3 is 15.5 Å². The van der Waals surface area contributed by atoms with E-state index in [1.807, 2.05) is 9.80 Å². The van der Waals surface area contributed by atoms with E-state index in [0.29, 0.717) is 19.6 Å². The number of rotatable bonds is 3. The molecule has 0 aromatic heterocycles. The van der Waals surface area contributed by atoms with Crippen LogP contribution in [0.25, 0.3) is 0 Å². The van der Waals surface area contributed by atoms with E-state index in [2.05, 4.69) is 4.90 Å². The van der Waals surface area contributed by atoms with E-state index in [9.17, 15) is 9.59 Å². The second kappa shape index (κ2) is 8.49. The zero-order chi connectivity index (χ0) is 17.7. The van der Waals surface area contributed by atoms with Gasteiger partial charge in [0.15, 0.2) is 0 Å². The molecule has 0 bridgehead atoms. The molecule has 2 heterocycles. The summed E-state index contributed by atoms with van der Waals surface area (Å²) in [6, 6.07) is 0. The summed E-state index contributed by atoms with van der Waals surface area (Å²) in [6.45, 7) is 5.27. The van der Waals surface area contributed by atoms with Crippen LogP contribution in [0.4, 0.5) is 0 Å². The van der Waals surface area contributed by atoms with Crippen molar-refractivity contribution in [2.75, 3.05) is 45.8 Å². The fourth-order valence-electron chi connectivity index (χ4n) is 4.43. The molecule has 1 aliphatic carbocycles. The minimum atomic E-state index is -0.637.